The molecule has 0 unspecified atom stereocenters. The molecule has 1 rings (SSSR count). The minimum absolute atomic E-state index is 0. The van der Waals surface area contributed by atoms with E-state index in [-0.39, 0.29) is 21.1 Å². The van der Waals surface area contributed by atoms with Crippen LogP contribution in [-0.4, -0.2) is 22.0 Å². The van der Waals surface area contributed by atoms with Gasteiger partial charge in [0, 0.05) is 35.9 Å². The first kappa shape index (κ1) is 16.0. The van der Waals surface area contributed by atoms with E-state index in [1.54, 1.807) is 19.2 Å². The molecule has 0 aliphatic carbocycles. The smallest absolute Gasteiger partial charge is 0.0991 e. The van der Waals surface area contributed by atoms with Crippen molar-refractivity contribution in [1.82, 2.24) is 0 Å². The van der Waals surface area contributed by atoms with Crippen LogP contribution >= 0.6 is 0 Å². The molecule has 0 fully saturated rings. The molecule has 0 atom stereocenters. The molecule has 0 aromatic heterocycles. The van der Waals surface area contributed by atoms with Gasteiger partial charge in [-0.15, -0.1) is 0 Å². The van der Waals surface area contributed by atoms with Crippen LogP contribution in [0.25, 0.3) is 0 Å². The van der Waals surface area contributed by atoms with Crippen LogP contribution in [0.4, 0.5) is 0 Å². The number of benzene rings is 1. The fourth-order valence-electron chi connectivity index (χ4n) is 0.649. The second kappa shape index (κ2) is 12.6. The molecule has 1 aromatic rings. The third-order valence-corrected chi connectivity index (χ3v) is 1.27. The summed E-state index contributed by atoms with van der Waals surface area (Å²) in [5, 5.41) is 8.29. The van der Waals surface area contributed by atoms with Gasteiger partial charge >= 0.3 is 0 Å². The summed E-state index contributed by atoms with van der Waals surface area (Å²) >= 11 is 0. The van der Waals surface area contributed by atoms with Crippen molar-refractivity contribution in [3.63, 3.8) is 0 Å². The van der Waals surface area contributed by atoms with Crippen molar-refractivity contribution in [2.75, 3.05) is 0 Å². The molecule has 1 aromatic carbocycles. The zero-order valence-electron chi connectivity index (χ0n) is 8.18. The number of nitriles is 1. The molecule has 66 valence electrons. The molecular weight excluding hydrogens is 338 g/mol. The summed E-state index contributed by atoms with van der Waals surface area (Å²) < 4.78 is 0. The average molecular weight is 348 g/mol. The molecule has 1 nitrogen and oxygen atoms in total. The summed E-state index contributed by atoms with van der Waals surface area (Å²) in [5.41, 5.74) is 0.715. The summed E-state index contributed by atoms with van der Waals surface area (Å²) in [7, 11) is 8.42. The van der Waals surface area contributed by atoms with Gasteiger partial charge in [0.05, 0.1) is 18.8 Å². The minimum Gasteiger partial charge on any atom is -0.192 e. The van der Waals surface area contributed by atoms with Crippen LogP contribution in [0, 0.1) is 11.3 Å². The fourth-order valence-corrected chi connectivity index (χ4v) is 0.649. The predicted molar refractivity (Wildman–Crippen MR) is 58.9 cm³/mol. The van der Waals surface area contributed by atoms with Gasteiger partial charge in [-0.3, -0.25) is 0 Å². The van der Waals surface area contributed by atoms with Crippen molar-refractivity contribution in [3.8, 4) is 6.07 Å². The van der Waals surface area contributed by atoms with E-state index in [1.165, 1.54) is 0 Å². The standard InChI is InChI=1S/C7H5N.C2H5B3.W/c8-6-7-4-2-1-3-5-7;1-2-4-5-3;/h1-5H;2H2,1H3;. The Morgan fingerprint density at radius 3 is 2.14 bits per heavy atom. The Morgan fingerprint density at radius 2 is 1.93 bits per heavy atom. The maximum Gasteiger partial charge on any atom is 0.0991 e. The van der Waals surface area contributed by atoms with Gasteiger partial charge in [-0.25, -0.2) is 0 Å². The number of hydrogen-bond donors (Lipinski definition) is 0. The molecule has 0 amide bonds. The molecule has 5 heteroatoms. The number of nitrogens with zero attached hydrogens (tertiary/aromatic N) is 1. The van der Waals surface area contributed by atoms with Crippen LogP contribution < -0.4 is 0 Å². The summed E-state index contributed by atoms with van der Waals surface area (Å²) in [6.45, 7) is 2.04. The van der Waals surface area contributed by atoms with Crippen LogP contribution in [0.2, 0.25) is 6.32 Å². The Hall–Kier alpha value is -0.407. The predicted octanol–water partition coefficient (Wildman–Crippen LogP) is 1.39. The van der Waals surface area contributed by atoms with Crippen molar-refractivity contribution < 1.29 is 21.1 Å². The first-order chi connectivity index (χ1) is 6.35. The monoisotopic (exact) mass is 349 g/mol. The molecule has 0 spiro atoms. The summed E-state index contributed by atoms with van der Waals surface area (Å²) in [6.07, 6.45) is 1.04. The van der Waals surface area contributed by atoms with Gasteiger partial charge in [-0.2, -0.15) is 5.26 Å². The summed E-state index contributed by atoms with van der Waals surface area (Å²) in [5.74, 6) is 0. The second-order valence-electron chi connectivity index (χ2n) is 2.31. The first-order valence-electron chi connectivity index (χ1n) is 4.17. The van der Waals surface area contributed by atoms with Crippen LogP contribution in [0.1, 0.15) is 12.5 Å². The zero-order valence-corrected chi connectivity index (χ0v) is 11.1. The molecule has 0 heterocycles. The second-order valence-corrected chi connectivity index (χ2v) is 2.31. The fraction of sp³-hybridized carbons (Fsp3) is 0.222. The third-order valence-electron chi connectivity index (χ3n) is 1.27. The van der Waals surface area contributed by atoms with Crippen molar-refractivity contribution in [3.05, 3.63) is 35.9 Å². The van der Waals surface area contributed by atoms with Crippen molar-refractivity contribution >= 4 is 22.0 Å². The SMILES string of the molecule is N#Cc1ccccc1.[B][B][B]CC.[W]. The van der Waals surface area contributed by atoms with E-state index >= 15 is 0 Å². The molecule has 0 N–H and O–H groups in total. The van der Waals surface area contributed by atoms with E-state index < -0.39 is 0 Å². The Morgan fingerprint density at radius 1 is 1.36 bits per heavy atom. The van der Waals surface area contributed by atoms with Crippen molar-refractivity contribution in [2.24, 2.45) is 0 Å². The van der Waals surface area contributed by atoms with Crippen LogP contribution in [0.5, 0.6) is 0 Å². The van der Waals surface area contributed by atoms with Crippen molar-refractivity contribution in [1.29, 1.82) is 5.26 Å². The largest absolute Gasteiger partial charge is 0.192 e. The van der Waals surface area contributed by atoms with Gasteiger partial charge < -0.3 is 0 Å². The molecule has 0 bridgehead atoms. The summed E-state index contributed by atoms with van der Waals surface area (Å²) in [6, 6.07) is 11.2. The zero-order chi connectivity index (χ0) is 9.94. The quantitative estimate of drug-likeness (QED) is 0.741. The minimum atomic E-state index is 0. The Kier molecular flexibility index (Phi) is 14.4. The maximum atomic E-state index is 8.29. The molecule has 0 aliphatic heterocycles. The molecule has 0 aliphatic rings. The molecule has 14 heavy (non-hydrogen) atoms. The normalized spacial score (nSPS) is 6.86. The molecular formula is C9H10B3NW. The van der Waals surface area contributed by atoms with Crippen LogP contribution in [0.15, 0.2) is 30.3 Å². The topological polar surface area (TPSA) is 23.8 Å². The van der Waals surface area contributed by atoms with E-state index in [0.29, 0.717) is 5.56 Å². The summed E-state index contributed by atoms with van der Waals surface area (Å²) in [4.78, 5) is 0. The average Bonchev–Trinajstić information content (AvgIpc) is 2.21. The van der Waals surface area contributed by atoms with Crippen LogP contribution in [-0.2, 0) is 21.1 Å². The number of rotatable bonds is 2. The van der Waals surface area contributed by atoms with Gasteiger partial charge in [0.25, 0.3) is 0 Å². The molecule has 0 saturated heterocycles. The van der Waals surface area contributed by atoms with E-state index in [4.69, 9.17) is 13.0 Å². The first-order valence-corrected chi connectivity index (χ1v) is 4.17. The van der Waals surface area contributed by atoms with E-state index in [2.05, 4.69) is 0 Å². The maximum absolute atomic E-state index is 8.29. The van der Waals surface area contributed by atoms with E-state index in [1.807, 2.05) is 38.4 Å². The van der Waals surface area contributed by atoms with Gasteiger partial charge in [0.1, 0.15) is 0 Å². The molecule has 0 saturated carbocycles. The molecule has 4 radical (unpaired) electrons. The van der Waals surface area contributed by atoms with Crippen molar-refractivity contribution in [2.45, 2.75) is 13.2 Å². The van der Waals surface area contributed by atoms with E-state index in [0.717, 1.165) is 6.32 Å². The number of hydrogen-bond acceptors (Lipinski definition) is 1. The Bertz CT molecular complexity index is 246. The Balaban J connectivity index is 0. The van der Waals surface area contributed by atoms with Gasteiger partial charge in [0.15, 0.2) is 0 Å². The van der Waals surface area contributed by atoms with Gasteiger partial charge in [-0.05, 0) is 12.1 Å². The Labute approximate surface area is 103 Å². The third kappa shape index (κ3) is 9.68. The van der Waals surface area contributed by atoms with Gasteiger partial charge in [-0.1, -0.05) is 31.4 Å². The van der Waals surface area contributed by atoms with Gasteiger partial charge in [0.2, 0.25) is 0 Å². The van der Waals surface area contributed by atoms with E-state index in [9.17, 15) is 0 Å². The van der Waals surface area contributed by atoms with Crippen LogP contribution in [0.3, 0.4) is 0 Å².